The summed E-state index contributed by atoms with van der Waals surface area (Å²) in [5, 5.41) is 9.29. The maximum atomic E-state index is 11.8. The first-order chi connectivity index (χ1) is 9.71. The molecule has 1 rings (SSSR count). The van der Waals surface area contributed by atoms with Gasteiger partial charge in [-0.15, -0.1) is 0 Å². The van der Waals surface area contributed by atoms with Crippen molar-refractivity contribution in [1.82, 2.24) is 0 Å². The van der Waals surface area contributed by atoms with Crippen LogP contribution in [0.4, 0.5) is 0 Å². The average Bonchev–Trinajstić information content (AvgIpc) is 2.35. The molecule has 2 unspecified atom stereocenters. The maximum absolute atomic E-state index is 11.8. The second-order valence-corrected chi connectivity index (χ2v) is 6.07. The summed E-state index contributed by atoms with van der Waals surface area (Å²) in [7, 11) is 0. The lowest BCUT2D eigenvalue weighted by atomic mass is 9.78. The van der Waals surface area contributed by atoms with Gasteiger partial charge in [-0.1, -0.05) is 51.1 Å². The zero-order valence-corrected chi connectivity index (χ0v) is 12.9. The number of carboxylic acid groups (broad SMARTS) is 1. The van der Waals surface area contributed by atoms with Gasteiger partial charge < -0.3 is 9.84 Å². The third-order valence-electron chi connectivity index (χ3n) is 3.18. The number of carboxylic acids is 1. The minimum absolute atomic E-state index is 0.491. The summed E-state index contributed by atoms with van der Waals surface area (Å²) >= 11 is 0. The number of esters is 1. The molecular formula is C17H22O4. The van der Waals surface area contributed by atoms with Crippen molar-refractivity contribution in [3.8, 4) is 0 Å². The molecule has 0 aliphatic carbocycles. The number of aliphatic carboxylic acids is 1. The Labute approximate surface area is 125 Å². The summed E-state index contributed by atoms with van der Waals surface area (Å²) in [5.41, 5.74) is 0.391. The highest BCUT2D eigenvalue weighted by atomic mass is 16.5. The van der Waals surface area contributed by atoms with Gasteiger partial charge >= 0.3 is 11.9 Å². The van der Waals surface area contributed by atoms with Crippen molar-refractivity contribution in [3.05, 3.63) is 42.0 Å². The fraction of sp³-hybridized carbons (Fsp3) is 0.412. The lowest BCUT2D eigenvalue weighted by Crippen LogP contribution is -2.39. The lowest BCUT2D eigenvalue weighted by molar-refractivity contribution is -0.159. The molecule has 4 heteroatoms. The summed E-state index contributed by atoms with van der Waals surface area (Å²) in [6, 6.07) is 9.35. The van der Waals surface area contributed by atoms with E-state index in [0.29, 0.717) is 0 Å². The van der Waals surface area contributed by atoms with E-state index in [9.17, 15) is 14.7 Å². The van der Waals surface area contributed by atoms with Gasteiger partial charge in [-0.25, -0.2) is 4.79 Å². The second kappa shape index (κ2) is 7.07. The largest absolute Gasteiger partial charge is 0.481 e. The molecule has 0 aromatic heterocycles. The fourth-order valence-electron chi connectivity index (χ4n) is 2.29. The fourth-order valence-corrected chi connectivity index (χ4v) is 2.29. The zero-order valence-electron chi connectivity index (χ0n) is 12.9. The summed E-state index contributed by atoms with van der Waals surface area (Å²) in [6.45, 7) is 7.06. The van der Waals surface area contributed by atoms with Gasteiger partial charge in [0.05, 0.1) is 5.92 Å². The minimum Gasteiger partial charge on any atom is -0.481 e. The van der Waals surface area contributed by atoms with Crippen molar-refractivity contribution in [2.24, 2.45) is 11.3 Å². The van der Waals surface area contributed by atoms with Gasteiger partial charge in [-0.2, -0.15) is 0 Å². The van der Waals surface area contributed by atoms with Crippen LogP contribution in [-0.4, -0.2) is 23.1 Å². The van der Waals surface area contributed by atoms with Crippen LogP contribution in [0.5, 0.6) is 0 Å². The Hall–Kier alpha value is -2.10. The molecule has 0 amide bonds. The third-order valence-corrected chi connectivity index (χ3v) is 3.18. The van der Waals surface area contributed by atoms with E-state index in [1.165, 1.54) is 6.08 Å². The Kier molecular flexibility index (Phi) is 5.70. The number of hydrogen-bond donors (Lipinski definition) is 1. The first-order valence-electron chi connectivity index (χ1n) is 6.88. The summed E-state index contributed by atoms with van der Waals surface area (Å²) < 4.78 is 5.22. The maximum Gasteiger partial charge on any atom is 0.331 e. The number of carbonyl (C=O) groups is 2. The van der Waals surface area contributed by atoms with Crippen LogP contribution in [0.15, 0.2) is 36.4 Å². The topological polar surface area (TPSA) is 63.6 Å². The molecule has 4 nitrogen and oxygen atoms in total. The minimum atomic E-state index is -0.963. The van der Waals surface area contributed by atoms with Crippen LogP contribution in [0, 0.1) is 11.3 Å². The van der Waals surface area contributed by atoms with E-state index in [4.69, 9.17) is 4.74 Å². The molecule has 0 fully saturated rings. The number of benzene rings is 1. The second-order valence-electron chi connectivity index (χ2n) is 6.07. The van der Waals surface area contributed by atoms with Crippen LogP contribution < -0.4 is 0 Å². The monoisotopic (exact) mass is 290 g/mol. The molecule has 0 saturated heterocycles. The van der Waals surface area contributed by atoms with E-state index in [1.54, 1.807) is 13.0 Å². The average molecular weight is 290 g/mol. The molecule has 0 heterocycles. The Morgan fingerprint density at radius 1 is 1.19 bits per heavy atom. The standard InChI is InChI=1S/C17H22O4/c1-12(15(16(19)20)17(2,3)4)21-14(18)11-10-13-8-6-5-7-9-13/h5-12,15H,1-4H3,(H,19,20)/b11-10+. The smallest absolute Gasteiger partial charge is 0.331 e. The number of carbonyl (C=O) groups excluding carboxylic acids is 1. The van der Waals surface area contributed by atoms with Crippen LogP contribution in [0.3, 0.4) is 0 Å². The van der Waals surface area contributed by atoms with Crippen molar-refractivity contribution in [1.29, 1.82) is 0 Å². The molecule has 114 valence electrons. The van der Waals surface area contributed by atoms with Gasteiger partial charge in [0.1, 0.15) is 6.10 Å². The van der Waals surface area contributed by atoms with E-state index >= 15 is 0 Å². The Morgan fingerprint density at radius 2 is 1.76 bits per heavy atom. The van der Waals surface area contributed by atoms with Gasteiger partial charge in [0.25, 0.3) is 0 Å². The first kappa shape index (κ1) is 17.0. The van der Waals surface area contributed by atoms with Crippen LogP contribution in [-0.2, 0) is 14.3 Å². The van der Waals surface area contributed by atoms with E-state index < -0.39 is 29.4 Å². The predicted molar refractivity (Wildman–Crippen MR) is 81.6 cm³/mol. The molecule has 1 aromatic carbocycles. The van der Waals surface area contributed by atoms with Crippen molar-refractivity contribution < 1.29 is 19.4 Å². The predicted octanol–water partition coefficient (Wildman–Crippen LogP) is 3.38. The van der Waals surface area contributed by atoms with E-state index in [0.717, 1.165) is 5.56 Å². The molecule has 0 spiro atoms. The number of ether oxygens (including phenoxy) is 1. The van der Waals surface area contributed by atoms with Crippen molar-refractivity contribution >= 4 is 18.0 Å². The molecular weight excluding hydrogens is 268 g/mol. The first-order valence-corrected chi connectivity index (χ1v) is 6.88. The molecule has 0 aliphatic heterocycles. The molecule has 2 atom stereocenters. The van der Waals surface area contributed by atoms with Crippen molar-refractivity contribution in [2.45, 2.75) is 33.8 Å². The Morgan fingerprint density at radius 3 is 2.24 bits per heavy atom. The third kappa shape index (κ3) is 5.42. The zero-order chi connectivity index (χ0) is 16.0. The molecule has 0 saturated carbocycles. The van der Waals surface area contributed by atoms with Crippen LogP contribution in [0.2, 0.25) is 0 Å². The van der Waals surface area contributed by atoms with Gasteiger partial charge in [0, 0.05) is 6.08 Å². The Balaban J connectivity index is 2.69. The van der Waals surface area contributed by atoms with Crippen molar-refractivity contribution in [3.63, 3.8) is 0 Å². The summed E-state index contributed by atoms with van der Waals surface area (Å²) in [4.78, 5) is 23.1. The van der Waals surface area contributed by atoms with E-state index in [1.807, 2.05) is 51.1 Å². The highest BCUT2D eigenvalue weighted by molar-refractivity contribution is 5.87. The Bertz CT molecular complexity index is 511. The highest BCUT2D eigenvalue weighted by Gasteiger charge is 2.37. The molecule has 1 aromatic rings. The van der Waals surface area contributed by atoms with Crippen molar-refractivity contribution in [2.75, 3.05) is 0 Å². The van der Waals surface area contributed by atoms with E-state index in [-0.39, 0.29) is 0 Å². The summed E-state index contributed by atoms with van der Waals surface area (Å²) in [5.74, 6) is -2.26. The highest BCUT2D eigenvalue weighted by Crippen LogP contribution is 2.30. The van der Waals surface area contributed by atoms with Gasteiger partial charge in [0.15, 0.2) is 0 Å². The van der Waals surface area contributed by atoms with Crippen LogP contribution in [0.25, 0.3) is 6.08 Å². The van der Waals surface area contributed by atoms with Crippen LogP contribution in [0.1, 0.15) is 33.3 Å². The van der Waals surface area contributed by atoms with Gasteiger partial charge in [-0.05, 0) is 24.0 Å². The van der Waals surface area contributed by atoms with Gasteiger partial charge in [0.2, 0.25) is 0 Å². The molecule has 0 bridgehead atoms. The lowest BCUT2D eigenvalue weighted by Gasteiger charge is -2.31. The molecule has 0 radical (unpaired) electrons. The molecule has 1 N–H and O–H groups in total. The summed E-state index contributed by atoms with van der Waals surface area (Å²) in [6.07, 6.45) is 2.26. The number of hydrogen-bond acceptors (Lipinski definition) is 3. The quantitative estimate of drug-likeness (QED) is 0.667. The van der Waals surface area contributed by atoms with Gasteiger partial charge in [-0.3, -0.25) is 4.79 Å². The number of rotatable bonds is 5. The van der Waals surface area contributed by atoms with Crippen LogP contribution >= 0.6 is 0 Å². The molecule has 0 aliphatic rings. The molecule has 21 heavy (non-hydrogen) atoms. The SMILES string of the molecule is CC(OC(=O)/C=C/c1ccccc1)C(C(=O)O)C(C)(C)C. The van der Waals surface area contributed by atoms with E-state index in [2.05, 4.69) is 0 Å². The normalized spacial score (nSPS) is 14.7.